The molecule has 2 aromatic rings. The van der Waals surface area contributed by atoms with Crippen LogP contribution in [0.15, 0.2) is 35.5 Å². The number of rotatable bonds is 6. The molecular formula is C20H21F5N4O4S. The molecule has 0 bridgehead atoms. The molecule has 1 amide bonds. The van der Waals surface area contributed by atoms with Crippen molar-refractivity contribution in [1.82, 2.24) is 4.98 Å². The number of ether oxygens (including phenoxy) is 2. The molecule has 1 aromatic carbocycles. The largest absolute Gasteiger partial charge is 0.491 e. The highest BCUT2D eigenvalue weighted by molar-refractivity contribution is 7.91. The number of alkyl halides is 3. The van der Waals surface area contributed by atoms with Crippen LogP contribution in [0.1, 0.15) is 6.42 Å². The first-order chi connectivity index (χ1) is 15.7. The Morgan fingerprint density at radius 2 is 1.97 bits per heavy atom. The number of hydrogen-bond donors (Lipinski definition) is 2. The molecular weight excluding hydrogens is 487 g/mol. The van der Waals surface area contributed by atoms with Gasteiger partial charge in [-0.1, -0.05) is 0 Å². The lowest BCUT2D eigenvalue weighted by atomic mass is 9.99. The van der Waals surface area contributed by atoms with Gasteiger partial charge in [0.1, 0.15) is 11.1 Å². The summed E-state index contributed by atoms with van der Waals surface area (Å²) in [5, 5.41) is 2.27. The Morgan fingerprint density at radius 1 is 1.29 bits per heavy atom. The molecule has 1 aliphatic heterocycles. The van der Waals surface area contributed by atoms with E-state index in [0.717, 1.165) is 37.5 Å². The molecule has 0 aliphatic carbocycles. The molecule has 1 aliphatic rings. The van der Waals surface area contributed by atoms with Crippen molar-refractivity contribution < 1.29 is 40.4 Å². The fourth-order valence-electron chi connectivity index (χ4n) is 3.70. The predicted molar refractivity (Wildman–Crippen MR) is 112 cm³/mol. The number of hydrogen-bond acceptors (Lipinski definition) is 7. The van der Waals surface area contributed by atoms with E-state index in [0.29, 0.717) is 6.07 Å². The van der Waals surface area contributed by atoms with Crippen LogP contribution in [0.3, 0.4) is 0 Å². The van der Waals surface area contributed by atoms with Gasteiger partial charge in [0.05, 0.1) is 29.1 Å². The summed E-state index contributed by atoms with van der Waals surface area (Å²) >= 11 is 0. The zero-order valence-electron chi connectivity index (χ0n) is 18.2. The van der Waals surface area contributed by atoms with Gasteiger partial charge in [-0.3, -0.25) is 4.79 Å². The Morgan fingerprint density at radius 3 is 2.53 bits per heavy atom. The Labute approximate surface area is 192 Å². The van der Waals surface area contributed by atoms with Crippen LogP contribution >= 0.6 is 0 Å². The smallest absolute Gasteiger partial charge is 0.419 e. The molecule has 8 nitrogen and oxygen atoms in total. The SMILES string of the molecule is COc1c(N2CC(OC)(C(F)(F)F)CC2C(=O)Nc2ccnc(S(C)(=N)=O)c2)ccc(F)c1F. The number of pyridine rings is 1. The van der Waals surface area contributed by atoms with Crippen LogP contribution in [0.5, 0.6) is 5.75 Å². The topological polar surface area (TPSA) is 105 Å². The summed E-state index contributed by atoms with van der Waals surface area (Å²) in [5.74, 6) is -4.30. The van der Waals surface area contributed by atoms with Crippen LogP contribution < -0.4 is 15.0 Å². The highest BCUT2D eigenvalue weighted by Crippen LogP contribution is 2.47. The first kappa shape index (κ1) is 25.6. The summed E-state index contributed by atoms with van der Waals surface area (Å²) in [4.78, 5) is 17.9. The van der Waals surface area contributed by atoms with E-state index in [2.05, 4.69) is 10.3 Å². The zero-order valence-corrected chi connectivity index (χ0v) is 19.0. The molecule has 3 unspecified atom stereocenters. The molecule has 0 radical (unpaired) electrons. The van der Waals surface area contributed by atoms with Gasteiger partial charge in [0.25, 0.3) is 0 Å². The Bertz CT molecular complexity index is 1210. The third-order valence-electron chi connectivity index (χ3n) is 5.48. The number of anilines is 2. The number of amides is 1. The first-order valence-corrected chi connectivity index (χ1v) is 11.6. The van der Waals surface area contributed by atoms with Crippen LogP contribution in [0.25, 0.3) is 0 Å². The van der Waals surface area contributed by atoms with Crippen LogP contribution in [0.2, 0.25) is 0 Å². The fraction of sp³-hybridized carbons (Fsp3) is 0.400. The number of nitrogens with zero attached hydrogens (tertiary/aromatic N) is 2. The molecule has 3 atom stereocenters. The Balaban J connectivity index is 2.06. The van der Waals surface area contributed by atoms with E-state index in [1.54, 1.807) is 0 Å². The van der Waals surface area contributed by atoms with E-state index in [1.165, 1.54) is 12.3 Å². The number of halogens is 5. The number of carbonyl (C=O) groups excluding carboxylic acids is 1. The van der Waals surface area contributed by atoms with Crippen LogP contribution in [-0.4, -0.2) is 59.9 Å². The summed E-state index contributed by atoms with van der Waals surface area (Å²) in [5.41, 5.74) is -3.02. The summed E-state index contributed by atoms with van der Waals surface area (Å²) in [6.07, 6.45) is -3.46. The molecule has 2 heterocycles. The van der Waals surface area contributed by atoms with E-state index in [4.69, 9.17) is 14.3 Å². The van der Waals surface area contributed by atoms with Crippen molar-refractivity contribution >= 4 is 27.0 Å². The lowest BCUT2D eigenvalue weighted by molar-refractivity contribution is -0.261. The van der Waals surface area contributed by atoms with Gasteiger partial charge in [0, 0.05) is 31.7 Å². The number of methoxy groups -OCH3 is 2. The van der Waals surface area contributed by atoms with E-state index >= 15 is 0 Å². The maximum Gasteiger partial charge on any atom is 0.419 e. The summed E-state index contributed by atoms with van der Waals surface area (Å²) in [6, 6.07) is 2.65. The minimum atomic E-state index is -4.90. The summed E-state index contributed by atoms with van der Waals surface area (Å²) in [6.45, 7) is -0.899. The van der Waals surface area contributed by atoms with Crippen molar-refractivity contribution in [3.63, 3.8) is 0 Å². The quantitative estimate of drug-likeness (QED) is 0.579. The van der Waals surface area contributed by atoms with E-state index in [1.807, 2.05) is 0 Å². The molecule has 1 saturated heterocycles. The molecule has 34 heavy (non-hydrogen) atoms. The second-order valence-corrected chi connectivity index (χ2v) is 9.78. The van der Waals surface area contributed by atoms with Crippen molar-refractivity contribution in [1.29, 1.82) is 4.78 Å². The Hall–Kier alpha value is -3.00. The second-order valence-electron chi connectivity index (χ2n) is 7.67. The minimum Gasteiger partial charge on any atom is -0.491 e. The lowest BCUT2D eigenvalue weighted by Crippen LogP contribution is -2.49. The van der Waals surface area contributed by atoms with E-state index < -0.39 is 63.8 Å². The van der Waals surface area contributed by atoms with Crippen molar-refractivity contribution in [2.45, 2.75) is 29.3 Å². The van der Waals surface area contributed by atoms with Crippen LogP contribution in [-0.2, 0) is 19.3 Å². The molecule has 14 heteroatoms. The number of nitrogens with one attached hydrogen (secondary N) is 2. The molecule has 186 valence electrons. The fourth-order valence-corrected chi connectivity index (χ4v) is 4.31. The second kappa shape index (κ2) is 8.98. The van der Waals surface area contributed by atoms with Gasteiger partial charge in [0.15, 0.2) is 17.2 Å². The van der Waals surface area contributed by atoms with Gasteiger partial charge < -0.3 is 19.7 Å². The maximum atomic E-state index is 14.3. The average molecular weight is 508 g/mol. The van der Waals surface area contributed by atoms with Gasteiger partial charge >= 0.3 is 6.18 Å². The normalized spacial score (nSPS) is 22.4. The Kier molecular flexibility index (Phi) is 6.77. The lowest BCUT2D eigenvalue weighted by Gasteiger charge is -2.31. The monoisotopic (exact) mass is 508 g/mol. The highest BCUT2D eigenvalue weighted by atomic mass is 32.2. The minimum absolute atomic E-state index is 0.0379. The summed E-state index contributed by atoms with van der Waals surface area (Å²) in [7, 11) is -1.37. The summed E-state index contributed by atoms with van der Waals surface area (Å²) < 4.78 is 99.2. The van der Waals surface area contributed by atoms with Crippen molar-refractivity contribution in [2.24, 2.45) is 0 Å². The predicted octanol–water partition coefficient (Wildman–Crippen LogP) is 3.57. The molecule has 1 fully saturated rings. The van der Waals surface area contributed by atoms with Crippen LogP contribution in [0, 0.1) is 16.4 Å². The zero-order chi connectivity index (χ0) is 25.5. The first-order valence-electron chi connectivity index (χ1n) is 9.65. The highest BCUT2D eigenvalue weighted by Gasteiger charge is 2.63. The average Bonchev–Trinajstić information content (AvgIpc) is 3.16. The molecule has 3 rings (SSSR count). The third-order valence-corrected chi connectivity index (χ3v) is 6.50. The van der Waals surface area contributed by atoms with Gasteiger partial charge in [0.2, 0.25) is 11.7 Å². The van der Waals surface area contributed by atoms with Gasteiger partial charge in [-0.05, 0) is 24.3 Å². The molecule has 0 saturated carbocycles. The van der Waals surface area contributed by atoms with Crippen molar-refractivity contribution in [2.75, 3.05) is 37.2 Å². The van der Waals surface area contributed by atoms with Crippen LogP contribution in [0.4, 0.5) is 33.3 Å². The van der Waals surface area contributed by atoms with Gasteiger partial charge in [-0.2, -0.15) is 17.6 Å². The number of aromatic nitrogens is 1. The molecule has 1 aromatic heterocycles. The van der Waals surface area contributed by atoms with Gasteiger partial charge in [-0.15, -0.1) is 0 Å². The maximum absolute atomic E-state index is 14.3. The van der Waals surface area contributed by atoms with E-state index in [-0.39, 0.29) is 16.4 Å². The molecule has 2 N–H and O–H groups in total. The number of carbonyl (C=O) groups is 1. The van der Waals surface area contributed by atoms with Crippen molar-refractivity contribution in [3.05, 3.63) is 42.1 Å². The van der Waals surface area contributed by atoms with Gasteiger partial charge in [-0.25, -0.2) is 18.4 Å². The third kappa shape index (κ3) is 4.64. The standard InChI is InChI=1S/C20H21F5N4O4S/c1-32-17-13(5-4-12(21)16(17)22)29-10-19(33-2,20(23,24)25)9-14(29)18(30)28-11-6-7-27-15(8-11)34(3,26)31/h4-8,14,26H,9-10H2,1-3H3,(H,27,28,30). The van der Waals surface area contributed by atoms with Crippen molar-refractivity contribution in [3.8, 4) is 5.75 Å². The van der Waals surface area contributed by atoms with E-state index in [9.17, 15) is 31.0 Å². The molecule has 0 spiro atoms. The number of benzene rings is 1.